The summed E-state index contributed by atoms with van der Waals surface area (Å²) in [4.78, 5) is 14.1. The molecule has 0 atom stereocenters. The third kappa shape index (κ3) is 3.39. The Bertz CT molecular complexity index is 633. The second-order valence-electron chi connectivity index (χ2n) is 5.29. The Balaban J connectivity index is 1.69. The number of aryl methyl sites for hydroxylation is 1. The normalized spacial score (nSPS) is 14.0. The number of nitrogens with one attached hydrogen (secondary N) is 1. The van der Waals surface area contributed by atoms with Crippen molar-refractivity contribution in [3.05, 3.63) is 47.9 Å². The van der Waals surface area contributed by atoms with Gasteiger partial charge in [-0.25, -0.2) is 9.18 Å². The Morgan fingerprint density at radius 3 is 2.67 bits per heavy atom. The van der Waals surface area contributed by atoms with E-state index < -0.39 is 0 Å². The van der Waals surface area contributed by atoms with Gasteiger partial charge in [0.15, 0.2) is 5.82 Å². The number of halogens is 1. The molecule has 0 unspecified atom stereocenters. The smallest absolute Gasteiger partial charge is 0.317 e. The quantitative estimate of drug-likeness (QED) is 0.940. The van der Waals surface area contributed by atoms with Gasteiger partial charge in [0.25, 0.3) is 0 Å². The van der Waals surface area contributed by atoms with Crippen LogP contribution in [0.3, 0.4) is 0 Å². The molecule has 0 radical (unpaired) electrons. The lowest BCUT2D eigenvalue weighted by atomic mass is 10.2. The molecule has 0 spiro atoms. The number of urea groups is 1. The van der Waals surface area contributed by atoms with E-state index in [9.17, 15) is 9.18 Å². The van der Waals surface area contributed by atoms with Gasteiger partial charge in [-0.05, 0) is 30.5 Å². The lowest BCUT2D eigenvalue weighted by molar-refractivity contribution is 0.206. The molecule has 1 aliphatic rings. The predicted octanol–water partition coefficient (Wildman–Crippen LogP) is 2.76. The molecule has 1 saturated carbocycles. The fraction of sp³-hybridized carbons (Fsp3) is 0.333. The third-order valence-electron chi connectivity index (χ3n) is 3.46. The van der Waals surface area contributed by atoms with Crippen LogP contribution in [0.2, 0.25) is 0 Å². The van der Waals surface area contributed by atoms with Gasteiger partial charge in [0, 0.05) is 31.9 Å². The summed E-state index contributed by atoms with van der Waals surface area (Å²) < 4.78 is 14.6. The molecule has 1 aromatic heterocycles. The monoisotopic (exact) mass is 288 g/mol. The maximum atomic E-state index is 12.9. The molecule has 1 aromatic carbocycles. The summed E-state index contributed by atoms with van der Waals surface area (Å²) in [5.74, 6) is 0.266. The van der Waals surface area contributed by atoms with Crippen molar-refractivity contribution in [1.82, 2.24) is 14.7 Å². The zero-order chi connectivity index (χ0) is 14.8. The van der Waals surface area contributed by atoms with Crippen LogP contribution in [-0.4, -0.2) is 26.8 Å². The molecule has 5 nitrogen and oxygen atoms in total. The maximum absolute atomic E-state index is 12.9. The van der Waals surface area contributed by atoms with E-state index in [0.29, 0.717) is 12.4 Å². The van der Waals surface area contributed by atoms with Gasteiger partial charge in [-0.2, -0.15) is 5.10 Å². The van der Waals surface area contributed by atoms with Crippen molar-refractivity contribution < 1.29 is 9.18 Å². The standard InChI is InChI=1S/C15H17FN4O/c1-19-9-8-14(18-19)17-15(21)20(13-6-7-13)10-11-2-4-12(16)5-3-11/h2-5,8-9,13H,6-7,10H2,1H3,(H,17,18,21). The van der Waals surface area contributed by atoms with E-state index in [0.717, 1.165) is 18.4 Å². The number of hydrogen-bond donors (Lipinski definition) is 1. The molecule has 1 aliphatic carbocycles. The average Bonchev–Trinajstić information content (AvgIpc) is 3.21. The zero-order valence-electron chi connectivity index (χ0n) is 11.8. The highest BCUT2D eigenvalue weighted by atomic mass is 19.1. The van der Waals surface area contributed by atoms with E-state index in [-0.39, 0.29) is 17.9 Å². The highest BCUT2D eigenvalue weighted by Crippen LogP contribution is 2.29. The summed E-state index contributed by atoms with van der Waals surface area (Å²) in [6, 6.07) is 8.09. The summed E-state index contributed by atoms with van der Waals surface area (Å²) in [7, 11) is 1.80. The van der Waals surface area contributed by atoms with Gasteiger partial charge in [-0.15, -0.1) is 0 Å². The number of benzene rings is 1. The molecule has 3 rings (SSSR count). The molecule has 0 aliphatic heterocycles. The lowest BCUT2D eigenvalue weighted by Crippen LogP contribution is -2.36. The molecule has 0 saturated heterocycles. The number of rotatable bonds is 4. The van der Waals surface area contributed by atoms with Crippen LogP contribution in [0.25, 0.3) is 0 Å². The molecule has 2 amide bonds. The molecule has 2 aromatic rings. The van der Waals surface area contributed by atoms with Gasteiger partial charge >= 0.3 is 6.03 Å². The van der Waals surface area contributed by atoms with Crippen molar-refractivity contribution in [2.45, 2.75) is 25.4 Å². The van der Waals surface area contributed by atoms with Crippen LogP contribution < -0.4 is 5.32 Å². The van der Waals surface area contributed by atoms with Crippen LogP contribution in [-0.2, 0) is 13.6 Å². The highest BCUT2D eigenvalue weighted by Gasteiger charge is 2.32. The fourth-order valence-corrected chi connectivity index (χ4v) is 2.20. The third-order valence-corrected chi connectivity index (χ3v) is 3.46. The lowest BCUT2D eigenvalue weighted by Gasteiger charge is -2.22. The zero-order valence-corrected chi connectivity index (χ0v) is 11.8. The van der Waals surface area contributed by atoms with Gasteiger partial charge in [0.05, 0.1) is 0 Å². The van der Waals surface area contributed by atoms with Crippen LogP contribution in [0.5, 0.6) is 0 Å². The minimum absolute atomic E-state index is 0.166. The molecule has 1 N–H and O–H groups in total. The fourth-order valence-electron chi connectivity index (χ4n) is 2.20. The van der Waals surface area contributed by atoms with E-state index >= 15 is 0 Å². The summed E-state index contributed by atoms with van der Waals surface area (Å²) >= 11 is 0. The number of carbonyl (C=O) groups is 1. The van der Waals surface area contributed by atoms with Crippen LogP contribution in [0.15, 0.2) is 36.5 Å². The number of amides is 2. The van der Waals surface area contributed by atoms with Crippen molar-refractivity contribution in [1.29, 1.82) is 0 Å². The Hall–Kier alpha value is -2.37. The first kappa shape index (κ1) is 13.6. The molecule has 6 heteroatoms. The van der Waals surface area contributed by atoms with Crippen molar-refractivity contribution in [3.8, 4) is 0 Å². The average molecular weight is 288 g/mol. The molecular formula is C15H17FN4O. The Kier molecular flexibility index (Phi) is 3.60. The Morgan fingerprint density at radius 1 is 1.38 bits per heavy atom. The van der Waals surface area contributed by atoms with Gasteiger partial charge in [0.1, 0.15) is 5.82 Å². The van der Waals surface area contributed by atoms with E-state index in [4.69, 9.17) is 0 Å². The molecular weight excluding hydrogens is 271 g/mol. The highest BCUT2D eigenvalue weighted by molar-refractivity contribution is 5.88. The number of nitrogens with zero attached hydrogens (tertiary/aromatic N) is 3. The molecule has 1 fully saturated rings. The van der Waals surface area contributed by atoms with Crippen molar-refractivity contribution in [2.75, 3.05) is 5.32 Å². The summed E-state index contributed by atoms with van der Waals surface area (Å²) in [5.41, 5.74) is 0.916. The van der Waals surface area contributed by atoms with Crippen LogP contribution in [0, 0.1) is 5.82 Å². The van der Waals surface area contributed by atoms with E-state index in [2.05, 4.69) is 10.4 Å². The van der Waals surface area contributed by atoms with E-state index in [1.165, 1.54) is 12.1 Å². The molecule has 110 valence electrons. The van der Waals surface area contributed by atoms with Crippen molar-refractivity contribution in [2.24, 2.45) is 7.05 Å². The first-order valence-corrected chi connectivity index (χ1v) is 6.93. The second-order valence-corrected chi connectivity index (χ2v) is 5.29. The predicted molar refractivity (Wildman–Crippen MR) is 77.2 cm³/mol. The first-order chi connectivity index (χ1) is 10.1. The van der Waals surface area contributed by atoms with Gasteiger partial charge < -0.3 is 4.90 Å². The SMILES string of the molecule is Cn1ccc(NC(=O)N(Cc2ccc(F)cc2)C2CC2)n1. The summed E-state index contributed by atoms with van der Waals surface area (Å²) in [6.45, 7) is 0.476. The Labute approximate surface area is 122 Å². The first-order valence-electron chi connectivity index (χ1n) is 6.93. The summed E-state index contributed by atoms with van der Waals surface area (Å²) in [5, 5.41) is 6.94. The number of aromatic nitrogens is 2. The van der Waals surface area contributed by atoms with Crippen molar-refractivity contribution >= 4 is 11.8 Å². The van der Waals surface area contributed by atoms with E-state index in [1.54, 1.807) is 41.0 Å². The van der Waals surface area contributed by atoms with Gasteiger partial charge in [-0.1, -0.05) is 12.1 Å². The number of carbonyl (C=O) groups excluding carboxylic acids is 1. The number of anilines is 1. The molecule has 1 heterocycles. The summed E-state index contributed by atoms with van der Waals surface area (Å²) in [6.07, 6.45) is 3.80. The minimum Gasteiger partial charge on any atom is -0.317 e. The van der Waals surface area contributed by atoms with Gasteiger partial charge in [-0.3, -0.25) is 10.00 Å². The minimum atomic E-state index is -0.269. The Morgan fingerprint density at radius 2 is 2.10 bits per heavy atom. The van der Waals surface area contributed by atoms with Crippen LogP contribution in [0.1, 0.15) is 18.4 Å². The topological polar surface area (TPSA) is 50.2 Å². The van der Waals surface area contributed by atoms with Crippen LogP contribution in [0.4, 0.5) is 15.0 Å². The van der Waals surface area contributed by atoms with Gasteiger partial charge in [0.2, 0.25) is 0 Å². The number of hydrogen-bond acceptors (Lipinski definition) is 2. The van der Waals surface area contributed by atoms with E-state index in [1.807, 2.05) is 0 Å². The van der Waals surface area contributed by atoms with Crippen LogP contribution >= 0.6 is 0 Å². The molecule has 0 bridgehead atoms. The maximum Gasteiger partial charge on any atom is 0.323 e. The molecule has 21 heavy (non-hydrogen) atoms. The van der Waals surface area contributed by atoms with Crippen molar-refractivity contribution in [3.63, 3.8) is 0 Å². The second kappa shape index (κ2) is 5.55. The largest absolute Gasteiger partial charge is 0.323 e.